The Morgan fingerprint density at radius 1 is 0.382 bits per heavy atom. The van der Waals surface area contributed by atoms with Gasteiger partial charge in [0.1, 0.15) is 0 Å². The van der Waals surface area contributed by atoms with E-state index in [1.165, 1.54) is 154 Å². The van der Waals surface area contributed by atoms with Crippen molar-refractivity contribution in [3.63, 3.8) is 0 Å². The molecule has 1 N–H and O–H groups in total. The molecule has 0 aromatic heterocycles. The Balaban J connectivity index is 0.000000445. The number of carbonyl (C=O) groups is 1. The summed E-state index contributed by atoms with van der Waals surface area (Å²) in [4.78, 5) is 9.00. The van der Waals surface area contributed by atoms with E-state index in [1.54, 1.807) is 0 Å². The molecule has 0 amide bonds. The standard InChI is InChI=1S/3C10H18.C2H4O2/c3*1-2-4-6-8-10-9-7-5-3-1;1-2(3)4/h3*1-2H,3-10H2;1H3,(H,3,4)/b3*2-1-;. The van der Waals surface area contributed by atoms with E-state index in [9.17, 15) is 0 Å². The van der Waals surface area contributed by atoms with E-state index >= 15 is 0 Å². The van der Waals surface area contributed by atoms with Crippen LogP contribution in [0.2, 0.25) is 0 Å². The Morgan fingerprint density at radius 3 is 0.647 bits per heavy atom. The minimum absolute atomic E-state index is 0.833. The molecule has 3 aliphatic rings. The van der Waals surface area contributed by atoms with Gasteiger partial charge in [-0.3, -0.25) is 4.79 Å². The predicted molar refractivity (Wildman–Crippen MR) is 152 cm³/mol. The van der Waals surface area contributed by atoms with Crippen LogP contribution in [0.5, 0.6) is 0 Å². The maximum Gasteiger partial charge on any atom is 0.300 e. The molecule has 0 bridgehead atoms. The summed E-state index contributed by atoms with van der Waals surface area (Å²) in [6, 6.07) is 0. The van der Waals surface area contributed by atoms with Gasteiger partial charge in [-0.25, -0.2) is 0 Å². The SMILES string of the molecule is C1=C\CCCCCCCC/1.C1=C\CCCCCCCC/1.C1=C\CCCCCCCC/1.CC(=O)O. The second-order valence-corrected chi connectivity index (χ2v) is 10.0. The van der Waals surface area contributed by atoms with Crippen molar-refractivity contribution in [1.82, 2.24) is 0 Å². The third kappa shape index (κ3) is 32.9. The minimum Gasteiger partial charge on any atom is -0.481 e. The van der Waals surface area contributed by atoms with Crippen molar-refractivity contribution in [2.75, 3.05) is 0 Å². The number of hydrogen-bond donors (Lipinski definition) is 1. The molecule has 0 fully saturated rings. The lowest BCUT2D eigenvalue weighted by atomic mass is 10.1. The lowest BCUT2D eigenvalue weighted by Crippen LogP contribution is -1.81. The van der Waals surface area contributed by atoms with Crippen LogP contribution in [0.25, 0.3) is 0 Å². The molecule has 2 heteroatoms. The van der Waals surface area contributed by atoms with E-state index < -0.39 is 5.97 Å². The monoisotopic (exact) mass is 474 g/mol. The highest BCUT2D eigenvalue weighted by molar-refractivity contribution is 5.62. The average Bonchev–Trinajstić information content (AvgIpc) is 2.85. The molecule has 0 atom stereocenters. The molecule has 0 aromatic carbocycles. The minimum atomic E-state index is -0.833. The van der Waals surface area contributed by atoms with Gasteiger partial charge < -0.3 is 5.11 Å². The molecule has 3 rings (SSSR count). The van der Waals surface area contributed by atoms with Gasteiger partial charge in [-0.2, -0.15) is 0 Å². The van der Waals surface area contributed by atoms with Crippen molar-refractivity contribution < 1.29 is 9.90 Å². The predicted octanol–water partition coefficient (Wildman–Crippen LogP) is 11.1. The van der Waals surface area contributed by atoms with E-state index in [1.807, 2.05) is 0 Å². The molecule has 198 valence electrons. The van der Waals surface area contributed by atoms with E-state index in [4.69, 9.17) is 9.90 Å². The van der Waals surface area contributed by atoms with E-state index in [-0.39, 0.29) is 0 Å². The zero-order chi connectivity index (χ0) is 24.8. The first-order valence-corrected chi connectivity index (χ1v) is 14.9. The zero-order valence-electron chi connectivity index (χ0n) is 22.8. The summed E-state index contributed by atoms with van der Waals surface area (Å²) in [5.41, 5.74) is 0. The number of allylic oxidation sites excluding steroid dienone is 6. The molecule has 0 aromatic rings. The second kappa shape index (κ2) is 29.7. The van der Waals surface area contributed by atoms with Crippen molar-refractivity contribution in [1.29, 1.82) is 0 Å². The van der Waals surface area contributed by atoms with E-state index in [2.05, 4.69) is 36.5 Å². The summed E-state index contributed by atoms with van der Waals surface area (Å²) in [5.74, 6) is -0.833. The molecule has 0 saturated heterocycles. The number of aliphatic carboxylic acids is 1. The Bertz CT molecular complexity index is 387. The lowest BCUT2D eigenvalue weighted by Gasteiger charge is -2.01. The molecule has 0 spiro atoms. The van der Waals surface area contributed by atoms with Crippen LogP contribution >= 0.6 is 0 Å². The van der Waals surface area contributed by atoms with E-state index in [0.29, 0.717) is 0 Å². The number of rotatable bonds is 0. The Hall–Kier alpha value is -1.31. The van der Waals surface area contributed by atoms with Crippen LogP contribution in [-0.2, 0) is 4.79 Å². The van der Waals surface area contributed by atoms with Gasteiger partial charge in [0.05, 0.1) is 0 Å². The van der Waals surface area contributed by atoms with Gasteiger partial charge in [0.25, 0.3) is 5.97 Å². The van der Waals surface area contributed by atoms with Crippen LogP contribution in [0.1, 0.15) is 161 Å². The molecule has 0 unspecified atom stereocenters. The molecule has 2 nitrogen and oxygen atoms in total. The topological polar surface area (TPSA) is 37.3 Å². The smallest absolute Gasteiger partial charge is 0.300 e. The Kier molecular flexibility index (Phi) is 28.6. The largest absolute Gasteiger partial charge is 0.481 e. The fraction of sp³-hybridized carbons (Fsp3) is 0.781. The molecule has 3 aliphatic carbocycles. The lowest BCUT2D eigenvalue weighted by molar-refractivity contribution is -0.134. The van der Waals surface area contributed by atoms with Gasteiger partial charge >= 0.3 is 0 Å². The number of carboxylic acid groups (broad SMARTS) is 1. The maximum absolute atomic E-state index is 9.00. The van der Waals surface area contributed by atoms with Gasteiger partial charge in [0, 0.05) is 6.92 Å². The van der Waals surface area contributed by atoms with Gasteiger partial charge in [-0.1, -0.05) is 114 Å². The Morgan fingerprint density at radius 2 is 0.500 bits per heavy atom. The third-order valence-corrected chi connectivity index (χ3v) is 6.47. The third-order valence-electron chi connectivity index (χ3n) is 6.47. The fourth-order valence-electron chi connectivity index (χ4n) is 4.40. The van der Waals surface area contributed by atoms with Gasteiger partial charge in [-0.05, 0) is 77.0 Å². The summed E-state index contributed by atoms with van der Waals surface area (Å²) in [5, 5.41) is 7.42. The van der Waals surface area contributed by atoms with Crippen LogP contribution in [0, 0.1) is 0 Å². The van der Waals surface area contributed by atoms with E-state index in [0.717, 1.165) is 6.92 Å². The summed E-state index contributed by atoms with van der Waals surface area (Å²) in [7, 11) is 0. The fourth-order valence-corrected chi connectivity index (χ4v) is 4.40. The van der Waals surface area contributed by atoms with Crippen molar-refractivity contribution in [3.8, 4) is 0 Å². The summed E-state index contributed by atoms with van der Waals surface area (Å²) in [6.07, 6.45) is 48.0. The molecule has 0 radical (unpaired) electrons. The Labute approximate surface area is 213 Å². The van der Waals surface area contributed by atoms with Crippen LogP contribution in [-0.4, -0.2) is 11.1 Å². The van der Waals surface area contributed by atoms with Crippen LogP contribution in [0.4, 0.5) is 0 Å². The molecule has 0 aliphatic heterocycles. The molecular weight excluding hydrogens is 416 g/mol. The van der Waals surface area contributed by atoms with Crippen molar-refractivity contribution >= 4 is 5.97 Å². The number of hydrogen-bond acceptors (Lipinski definition) is 1. The quantitative estimate of drug-likeness (QED) is 0.354. The van der Waals surface area contributed by atoms with Crippen LogP contribution < -0.4 is 0 Å². The second-order valence-electron chi connectivity index (χ2n) is 10.0. The van der Waals surface area contributed by atoms with Gasteiger partial charge in [0.15, 0.2) is 0 Å². The number of carboxylic acids is 1. The molecule has 0 saturated carbocycles. The average molecular weight is 475 g/mol. The highest BCUT2D eigenvalue weighted by Crippen LogP contribution is 2.13. The zero-order valence-corrected chi connectivity index (χ0v) is 22.8. The summed E-state index contributed by atoms with van der Waals surface area (Å²) in [6.45, 7) is 1.08. The van der Waals surface area contributed by atoms with Crippen LogP contribution in [0.3, 0.4) is 0 Å². The summed E-state index contributed by atoms with van der Waals surface area (Å²) >= 11 is 0. The van der Waals surface area contributed by atoms with Crippen LogP contribution in [0.15, 0.2) is 36.5 Å². The molecule has 34 heavy (non-hydrogen) atoms. The van der Waals surface area contributed by atoms with Gasteiger partial charge in [-0.15, -0.1) is 0 Å². The maximum atomic E-state index is 9.00. The highest BCUT2D eigenvalue weighted by Gasteiger charge is 1.93. The first kappa shape index (κ1) is 32.7. The highest BCUT2D eigenvalue weighted by atomic mass is 16.4. The molecular formula is C32H58O2. The van der Waals surface area contributed by atoms with Gasteiger partial charge in [0.2, 0.25) is 0 Å². The first-order valence-electron chi connectivity index (χ1n) is 14.9. The normalized spacial score (nSPS) is 23.3. The van der Waals surface area contributed by atoms with Crippen molar-refractivity contribution in [2.24, 2.45) is 0 Å². The molecule has 0 heterocycles. The summed E-state index contributed by atoms with van der Waals surface area (Å²) < 4.78 is 0. The van der Waals surface area contributed by atoms with Crippen molar-refractivity contribution in [2.45, 2.75) is 161 Å². The van der Waals surface area contributed by atoms with Crippen molar-refractivity contribution in [3.05, 3.63) is 36.5 Å². The first-order chi connectivity index (χ1) is 16.7.